The van der Waals surface area contributed by atoms with E-state index in [-0.39, 0.29) is 22.3 Å². The molecule has 0 saturated heterocycles. The zero-order chi connectivity index (χ0) is 12.9. The molecule has 0 aliphatic carbocycles. The van der Waals surface area contributed by atoms with Gasteiger partial charge in [0.25, 0.3) is 0 Å². The van der Waals surface area contributed by atoms with Crippen LogP contribution in [0.25, 0.3) is 0 Å². The highest BCUT2D eigenvalue weighted by atomic mass is 32.2. The molecule has 3 nitrogen and oxygen atoms in total. The number of rotatable bonds is 3. The van der Waals surface area contributed by atoms with Crippen LogP contribution in [0.3, 0.4) is 0 Å². The number of benzene rings is 1. The minimum Gasteiger partial charge on any atom is -0.324 e. The van der Waals surface area contributed by atoms with Gasteiger partial charge in [0, 0.05) is 4.90 Å². The molecule has 1 aromatic rings. The van der Waals surface area contributed by atoms with Gasteiger partial charge in [-0.25, -0.2) is 0 Å². The minimum atomic E-state index is -4.42. The molecular formula is C10H7F3N2OS. The average molecular weight is 260 g/mol. The van der Waals surface area contributed by atoms with Crippen molar-refractivity contribution < 1.29 is 18.0 Å². The molecule has 0 radical (unpaired) electrons. The maximum atomic E-state index is 12.2. The highest BCUT2D eigenvalue weighted by molar-refractivity contribution is 8.00. The molecule has 1 rings (SSSR count). The van der Waals surface area contributed by atoms with Gasteiger partial charge in [-0.3, -0.25) is 4.79 Å². The van der Waals surface area contributed by atoms with Gasteiger partial charge in [-0.2, -0.15) is 18.4 Å². The van der Waals surface area contributed by atoms with Gasteiger partial charge in [-0.15, -0.1) is 0 Å². The van der Waals surface area contributed by atoms with Crippen molar-refractivity contribution in [2.45, 2.75) is 16.8 Å². The minimum absolute atomic E-state index is 0.0510. The van der Waals surface area contributed by atoms with Crippen molar-refractivity contribution in [2.75, 3.05) is 5.32 Å². The second-order valence-electron chi connectivity index (χ2n) is 2.93. The van der Waals surface area contributed by atoms with Crippen LogP contribution in [-0.2, 0) is 4.79 Å². The van der Waals surface area contributed by atoms with Crippen LogP contribution in [0.5, 0.6) is 0 Å². The number of halogens is 3. The Balaban J connectivity index is 2.85. The lowest BCUT2D eigenvalue weighted by molar-refractivity contribution is -0.115. The Labute approximate surface area is 99.6 Å². The van der Waals surface area contributed by atoms with E-state index in [9.17, 15) is 18.0 Å². The van der Waals surface area contributed by atoms with Gasteiger partial charge < -0.3 is 5.32 Å². The van der Waals surface area contributed by atoms with Crippen molar-refractivity contribution >= 4 is 23.4 Å². The summed E-state index contributed by atoms with van der Waals surface area (Å²) in [4.78, 5) is 11.0. The number of nitrogens with one attached hydrogen (secondary N) is 1. The van der Waals surface area contributed by atoms with Crippen molar-refractivity contribution in [3.8, 4) is 6.07 Å². The molecule has 1 N–H and O–H groups in total. The van der Waals surface area contributed by atoms with Crippen molar-refractivity contribution in [1.29, 1.82) is 5.26 Å². The Hall–Kier alpha value is -1.68. The molecular weight excluding hydrogens is 253 g/mol. The Bertz CT molecular complexity index is 454. The normalized spacial score (nSPS) is 10.7. The van der Waals surface area contributed by atoms with Gasteiger partial charge in [0.1, 0.15) is 6.42 Å². The zero-order valence-corrected chi connectivity index (χ0v) is 9.23. The highest BCUT2D eigenvalue weighted by Crippen LogP contribution is 2.40. The quantitative estimate of drug-likeness (QED) is 0.849. The average Bonchev–Trinajstić information content (AvgIpc) is 2.19. The summed E-state index contributed by atoms with van der Waals surface area (Å²) in [6.07, 6.45) is -0.398. The van der Waals surface area contributed by atoms with E-state index >= 15 is 0 Å². The summed E-state index contributed by atoms with van der Waals surface area (Å²) in [7, 11) is 0. The SMILES string of the molecule is N#CCC(=O)Nc1ccccc1SC(F)(F)F. The molecule has 0 unspecified atom stereocenters. The Morgan fingerprint density at radius 2 is 2.06 bits per heavy atom. The predicted octanol–water partition coefficient (Wildman–Crippen LogP) is 3.15. The smallest absolute Gasteiger partial charge is 0.324 e. The second kappa shape index (κ2) is 5.59. The number of hydrogen-bond donors (Lipinski definition) is 1. The number of alkyl halides is 3. The monoisotopic (exact) mass is 260 g/mol. The number of carbonyl (C=O) groups is 1. The number of nitriles is 1. The number of para-hydroxylation sites is 1. The maximum Gasteiger partial charge on any atom is 0.446 e. The highest BCUT2D eigenvalue weighted by Gasteiger charge is 2.30. The fraction of sp³-hybridized carbons (Fsp3) is 0.200. The van der Waals surface area contributed by atoms with Gasteiger partial charge in [0.15, 0.2) is 0 Å². The molecule has 0 saturated carbocycles. The zero-order valence-electron chi connectivity index (χ0n) is 8.41. The number of anilines is 1. The first-order chi connectivity index (χ1) is 7.92. The molecule has 0 heterocycles. The topological polar surface area (TPSA) is 52.9 Å². The number of amides is 1. The molecule has 90 valence electrons. The molecule has 0 aliphatic rings. The van der Waals surface area contributed by atoms with E-state index in [1.54, 1.807) is 6.07 Å². The lowest BCUT2D eigenvalue weighted by Gasteiger charge is -2.11. The summed E-state index contributed by atoms with van der Waals surface area (Å²) in [5, 5.41) is 10.5. The van der Waals surface area contributed by atoms with Crippen LogP contribution in [0.15, 0.2) is 29.2 Å². The molecule has 0 bridgehead atoms. The van der Waals surface area contributed by atoms with Crippen LogP contribution in [0.2, 0.25) is 0 Å². The molecule has 17 heavy (non-hydrogen) atoms. The Morgan fingerprint density at radius 1 is 1.41 bits per heavy atom. The summed E-state index contributed by atoms with van der Waals surface area (Å²) < 4.78 is 36.6. The van der Waals surface area contributed by atoms with Crippen LogP contribution in [0.1, 0.15) is 6.42 Å². The molecule has 0 aliphatic heterocycles. The number of thioether (sulfide) groups is 1. The van der Waals surface area contributed by atoms with Gasteiger partial charge >= 0.3 is 5.51 Å². The van der Waals surface area contributed by atoms with Crippen molar-refractivity contribution in [3.63, 3.8) is 0 Å². The third-order valence-electron chi connectivity index (χ3n) is 1.63. The van der Waals surface area contributed by atoms with Crippen LogP contribution in [0.4, 0.5) is 18.9 Å². The van der Waals surface area contributed by atoms with E-state index in [2.05, 4.69) is 5.32 Å². The fourth-order valence-electron chi connectivity index (χ4n) is 1.05. The molecule has 1 amide bonds. The number of carbonyl (C=O) groups excluding carboxylic acids is 1. The number of hydrogen-bond acceptors (Lipinski definition) is 3. The molecule has 0 atom stereocenters. The fourth-order valence-corrected chi connectivity index (χ4v) is 1.67. The molecule has 7 heteroatoms. The van der Waals surface area contributed by atoms with E-state index in [4.69, 9.17) is 5.26 Å². The van der Waals surface area contributed by atoms with Gasteiger partial charge in [-0.1, -0.05) is 12.1 Å². The van der Waals surface area contributed by atoms with E-state index in [0.717, 1.165) is 0 Å². The molecule has 0 fully saturated rings. The molecule has 0 aromatic heterocycles. The van der Waals surface area contributed by atoms with Crippen LogP contribution in [0, 0.1) is 11.3 Å². The standard InChI is InChI=1S/C10H7F3N2OS/c11-10(12,13)17-8-4-2-1-3-7(8)15-9(16)5-6-14/h1-4H,5H2,(H,15,16). The summed E-state index contributed by atoms with van der Waals surface area (Å²) in [5.41, 5.74) is -4.37. The first kappa shape index (κ1) is 13.4. The summed E-state index contributed by atoms with van der Waals surface area (Å²) in [6.45, 7) is 0. The van der Waals surface area contributed by atoms with E-state index in [0.29, 0.717) is 0 Å². The van der Waals surface area contributed by atoms with E-state index in [1.165, 1.54) is 24.3 Å². The first-order valence-corrected chi connectivity index (χ1v) is 5.25. The van der Waals surface area contributed by atoms with Gasteiger partial charge in [0.05, 0.1) is 11.8 Å². The summed E-state index contributed by atoms with van der Waals surface area (Å²) in [6, 6.07) is 7.16. The van der Waals surface area contributed by atoms with Gasteiger partial charge in [0.2, 0.25) is 5.91 Å². The molecule has 1 aromatic carbocycles. The summed E-state index contributed by atoms with van der Waals surface area (Å²) in [5.74, 6) is -0.636. The second-order valence-corrected chi connectivity index (χ2v) is 4.03. The maximum absolute atomic E-state index is 12.2. The van der Waals surface area contributed by atoms with Crippen molar-refractivity contribution in [1.82, 2.24) is 0 Å². The van der Waals surface area contributed by atoms with Gasteiger partial charge in [-0.05, 0) is 23.9 Å². The lowest BCUT2D eigenvalue weighted by Crippen LogP contribution is -2.11. The van der Waals surface area contributed by atoms with Crippen molar-refractivity contribution in [3.05, 3.63) is 24.3 Å². The summed E-state index contributed by atoms with van der Waals surface area (Å²) >= 11 is -0.310. The Morgan fingerprint density at radius 3 is 2.65 bits per heavy atom. The lowest BCUT2D eigenvalue weighted by atomic mass is 10.3. The molecule has 0 spiro atoms. The van der Waals surface area contributed by atoms with E-state index in [1.807, 2.05) is 0 Å². The first-order valence-electron chi connectivity index (χ1n) is 4.44. The van der Waals surface area contributed by atoms with Crippen LogP contribution in [-0.4, -0.2) is 11.4 Å². The third-order valence-corrected chi connectivity index (χ3v) is 2.43. The van der Waals surface area contributed by atoms with Crippen molar-refractivity contribution in [2.24, 2.45) is 0 Å². The third kappa shape index (κ3) is 4.78. The van der Waals surface area contributed by atoms with Crippen LogP contribution >= 0.6 is 11.8 Å². The Kier molecular flexibility index (Phi) is 4.40. The van der Waals surface area contributed by atoms with Crippen LogP contribution < -0.4 is 5.32 Å². The van der Waals surface area contributed by atoms with E-state index < -0.39 is 17.8 Å². The largest absolute Gasteiger partial charge is 0.446 e. The predicted molar refractivity (Wildman–Crippen MR) is 57.2 cm³/mol. The number of nitrogens with zero attached hydrogens (tertiary/aromatic N) is 1.